The van der Waals surface area contributed by atoms with Crippen LogP contribution in [0.4, 0.5) is 4.79 Å². The van der Waals surface area contributed by atoms with Gasteiger partial charge in [-0.05, 0) is 29.5 Å². The number of amides is 1. The Morgan fingerprint density at radius 3 is 2.74 bits per heavy atom. The van der Waals surface area contributed by atoms with E-state index < -0.39 is 12.1 Å². The molecule has 0 saturated carbocycles. The van der Waals surface area contributed by atoms with E-state index in [-0.39, 0.29) is 6.61 Å². The summed E-state index contributed by atoms with van der Waals surface area (Å²) < 4.78 is 5.08. The molecular formula is C17H17NO4S. The van der Waals surface area contributed by atoms with Crippen LogP contribution in [0.2, 0.25) is 0 Å². The number of carboxylic acid groups (broad SMARTS) is 1. The zero-order chi connectivity index (χ0) is 16.5. The number of carbonyl (C=O) groups excluding carboxylic acids is 1. The minimum atomic E-state index is -0.937. The lowest BCUT2D eigenvalue weighted by molar-refractivity contribution is 0.0697. The number of hydrogen-bond acceptors (Lipinski definition) is 4. The summed E-state index contributed by atoms with van der Waals surface area (Å²) in [5.41, 5.74) is 1.22. The SMILES string of the molecule is O=C(NCCC=Cc1sccc1C(=O)O)OCc1ccccc1. The van der Waals surface area contributed by atoms with Crippen molar-refractivity contribution < 1.29 is 19.4 Å². The third-order valence-electron chi connectivity index (χ3n) is 2.99. The second kappa shape index (κ2) is 8.75. The maximum atomic E-state index is 11.5. The standard InChI is InChI=1S/C17H17NO4S/c19-16(20)14-9-11-23-15(14)8-4-5-10-18-17(21)22-12-13-6-2-1-3-7-13/h1-4,6-9,11H,5,10,12H2,(H,18,21)(H,19,20). The van der Waals surface area contributed by atoms with Crippen LogP contribution in [0.5, 0.6) is 0 Å². The van der Waals surface area contributed by atoms with Crippen molar-refractivity contribution in [2.75, 3.05) is 6.54 Å². The monoisotopic (exact) mass is 331 g/mol. The molecule has 23 heavy (non-hydrogen) atoms. The third kappa shape index (κ3) is 5.60. The van der Waals surface area contributed by atoms with Gasteiger partial charge in [0, 0.05) is 11.4 Å². The lowest BCUT2D eigenvalue weighted by atomic mass is 10.2. The van der Waals surface area contributed by atoms with Gasteiger partial charge >= 0.3 is 12.1 Å². The molecule has 1 aromatic heterocycles. The molecule has 5 nitrogen and oxygen atoms in total. The van der Waals surface area contributed by atoms with Crippen molar-refractivity contribution >= 4 is 29.5 Å². The van der Waals surface area contributed by atoms with E-state index >= 15 is 0 Å². The molecule has 0 atom stereocenters. The van der Waals surface area contributed by atoms with E-state index in [9.17, 15) is 9.59 Å². The number of ether oxygens (including phenoxy) is 1. The Bertz CT molecular complexity index is 679. The van der Waals surface area contributed by atoms with Crippen LogP contribution in [0.15, 0.2) is 47.9 Å². The molecule has 0 radical (unpaired) electrons. The van der Waals surface area contributed by atoms with Gasteiger partial charge in [-0.15, -0.1) is 11.3 Å². The van der Waals surface area contributed by atoms with Gasteiger partial charge in [0.05, 0.1) is 5.56 Å². The maximum absolute atomic E-state index is 11.5. The molecule has 0 aliphatic heterocycles. The van der Waals surface area contributed by atoms with Crippen molar-refractivity contribution in [2.45, 2.75) is 13.0 Å². The molecule has 0 unspecified atom stereocenters. The second-order valence-electron chi connectivity index (χ2n) is 4.68. The topological polar surface area (TPSA) is 75.6 Å². The fourth-order valence-corrected chi connectivity index (χ4v) is 2.66. The van der Waals surface area contributed by atoms with E-state index in [2.05, 4.69) is 5.32 Å². The fraction of sp³-hybridized carbons (Fsp3) is 0.176. The van der Waals surface area contributed by atoms with Crippen molar-refractivity contribution in [3.63, 3.8) is 0 Å². The van der Waals surface area contributed by atoms with E-state index in [1.165, 1.54) is 11.3 Å². The van der Waals surface area contributed by atoms with Crippen molar-refractivity contribution in [1.29, 1.82) is 0 Å². The third-order valence-corrected chi connectivity index (χ3v) is 3.87. The van der Waals surface area contributed by atoms with Crippen molar-refractivity contribution in [2.24, 2.45) is 0 Å². The lowest BCUT2D eigenvalue weighted by Gasteiger charge is -2.05. The fourth-order valence-electron chi connectivity index (χ4n) is 1.85. The first-order chi connectivity index (χ1) is 11.2. The van der Waals surface area contributed by atoms with Crippen LogP contribution in [0.1, 0.15) is 27.2 Å². The number of alkyl carbamates (subject to hydrolysis) is 1. The highest BCUT2D eigenvalue weighted by Crippen LogP contribution is 2.18. The zero-order valence-electron chi connectivity index (χ0n) is 12.4. The van der Waals surface area contributed by atoms with E-state index in [0.717, 1.165) is 5.56 Å². The Balaban J connectivity index is 1.66. The number of hydrogen-bond donors (Lipinski definition) is 2. The predicted molar refractivity (Wildman–Crippen MR) is 89.6 cm³/mol. The Hall–Kier alpha value is -2.60. The number of benzene rings is 1. The largest absolute Gasteiger partial charge is 0.478 e. The number of carboxylic acids is 1. The highest BCUT2D eigenvalue weighted by atomic mass is 32.1. The van der Waals surface area contributed by atoms with E-state index in [0.29, 0.717) is 23.4 Å². The summed E-state index contributed by atoms with van der Waals surface area (Å²) in [6, 6.07) is 11.0. The summed E-state index contributed by atoms with van der Waals surface area (Å²) in [6.45, 7) is 0.664. The van der Waals surface area contributed by atoms with Gasteiger partial charge in [-0.1, -0.05) is 36.4 Å². The molecule has 0 saturated heterocycles. The van der Waals surface area contributed by atoms with Crippen LogP contribution < -0.4 is 5.32 Å². The zero-order valence-corrected chi connectivity index (χ0v) is 13.2. The van der Waals surface area contributed by atoms with Gasteiger partial charge in [0.25, 0.3) is 0 Å². The number of carbonyl (C=O) groups is 2. The Morgan fingerprint density at radius 1 is 1.22 bits per heavy atom. The van der Waals surface area contributed by atoms with E-state index in [4.69, 9.17) is 9.84 Å². The minimum absolute atomic E-state index is 0.236. The van der Waals surface area contributed by atoms with Gasteiger partial charge in [-0.3, -0.25) is 0 Å². The van der Waals surface area contributed by atoms with Crippen molar-refractivity contribution in [3.8, 4) is 0 Å². The minimum Gasteiger partial charge on any atom is -0.478 e. The molecule has 0 aliphatic rings. The van der Waals surface area contributed by atoms with Crippen molar-refractivity contribution in [1.82, 2.24) is 5.32 Å². The van der Waals surface area contributed by atoms with Gasteiger partial charge in [-0.25, -0.2) is 9.59 Å². The van der Waals surface area contributed by atoms with Gasteiger partial charge in [-0.2, -0.15) is 0 Å². The summed E-state index contributed by atoms with van der Waals surface area (Å²) in [4.78, 5) is 23.2. The Morgan fingerprint density at radius 2 is 2.00 bits per heavy atom. The molecule has 6 heteroatoms. The molecule has 2 aromatic rings. The maximum Gasteiger partial charge on any atom is 0.407 e. The summed E-state index contributed by atoms with van der Waals surface area (Å²) in [6.07, 6.45) is 3.71. The second-order valence-corrected chi connectivity index (χ2v) is 5.63. The van der Waals surface area contributed by atoms with Gasteiger partial charge < -0.3 is 15.2 Å². The normalized spacial score (nSPS) is 10.6. The molecule has 2 N–H and O–H groups in total. The Labute approximate surface area is 138 Å². The molecule has 2 rings (SSSR count). The van der Waals surface area contributed by atoms with Crippen LogP contribution in [-0.2, 0) is 11.3 Å². The van der Waals surface area contributed by atoms with Crippen molar-refractivity contribution in [3.05, 3.63) is 63.9 Å². The highest BCUT2D eigenvalue weighted by Gasteiger charge is 2.08. The summed E-state index contributed by atoms with van der Waals surface area (Å²) in [7, 11) is 0. The lowest BCUT2D eigenvalue weighted by Crippen LogP contribution is -2.24. The van der Waals surface area contributed by atoms with Crippen LogP contribution >= 0.6 is 11.3 Å². The molecule has 0 spiro atoms. The van der Waals surface area contributed by atoms with E-state index in [1.807, 2.05) is 36.4 Å². The summed E-state index contributed by atoms with van der Waals surface area (Å²) >= 11 is 1.37. The number of aromatic carboxylic acids is 1. The highest BCUT2D eigenvalue weighted by molar-refractivity contribution is 7.11. The molecule has 1 heterocycles. The quantitative estimate of drug-likeness (QED) is 0.757. The van der Waals surface area contributed by atoms with Crippen LogP contribution in [0.25, 0.3) is 6.08 Å². The molecular weight excluding hydrogens is 314 g/mol. The first-order valence-corrected chi connectivity index (χ1v) is 7.96. The number of nitrogens with one attached hydrogen (secondary N) is 1. The van der Waals surface area contributed by atoms with Crippen LogP contribution in [0.3, 0.4) is 0 Å². The predicted octanol–water partition coefficient (Wildman–Crippen LogP) is 3.78. The average Bonchev–Trinajstić information content (AvgIpc) is 3.02. The number of thiophene rings is 1. The molecule has 0 fully saturated rings. The average molecular weight is 331 g/mol. The molecule has 1 amide bonds. The Kier molecular flexibility index (Phi) is 6.38. The first kappa shape index (κ1) is 16.8. The van der Waals surface area contributed by atoms with Gasteiger partial charge in [0.1, 0.15) is 6.61 Å². The molecule has 120 valence electrons. The summed E-state index contributed by atoms with van der Waals surface area (Å²) in [5, 5.41) is 13.4. The van der Waals surface area contributed by atoms with Crippen LogP contribution in [-0.4, -0.2) is 23.7 Å². The smallest absolute Gasteiger partial charge is 0.407 e. The number of rotatable bonds is 7. The first-order valence-electron chi connectivity index (χ1n) is 7.08. The van der Waals surface area contributed by atoms with Gasteiger partial charge in [0.15, 0.2) is 0 Å². The molecule has 1 aromatic carbocycles. The van der Waals surface area contributed by atoms with E-state index in [1.54, 1.807) is 17.5 Å². The molecule has 0 aliphatic carbocycles. The summed E-state index contributed by atoms with van der Waals surface area (Å²) in [5.74, 6) is -0.937. The van der Waals surface area contributed by atoms with Crippen LogP contribution in [0, 0.1) is 0 Å². The van der Waals surface area contributed by atoms with Gasteiger partial charge in [0.2, 0.25) is 0 Å². The molecule has 0 bridgehead atoms.